The summed E-state index contributed by atoms with van der Waals surface area (Å²) in [6.07, 6.45) is 1.67. The van der Waals surface area contributed by atoms with Crippen LogP contribution in [-0.2, 0) is 4.79 Å². The molecule has 0 saturated carbocycles. The molecular weight excluding hydrogens is 380 g/mol. The summed E-state index contributed by atoms with van der Waals surface area (Å²) < 4.78 is 4.98. The van der Waals surface area contributed by atoms with Gasteiger partial charge in [-0.2, -0.15) is 5.26 Å². The number of benzene rings is 1. The minimum atomic E-state index is -0.116. The molecule has 1 aliphatic heterocycles. The maximum absolute atomic E-state index is 12.3. The molecule has 3 heterocycles. The van der Waals surface area contributed by atoms with Crippen molar-refractivity contribution < 1.29 is 9.32 Å². The van der Waals surface area contributed by atoms with E-state index < -0.39 is 0 Å². The second-order valence-corrected chi connectivity index (χ2v) is 7.74. The number of nitrogens with zero attached hydrogens (tertiary/aromatic N) is 5. The van der Waals surface area contributed by atoms with Gasteiger partial charge in [0.05, 0.1) is 23.3 Å². The molecule has 8 heteroatoms. The smallest absolute Gasteiger partial charge is 0.239 e. The van der Waals surface area contributed by atoms with Crippen molar-refractivity contribution in [2.24, 2.45) is 0 Å². The Hall–Kier alpha value is -3.44. The van der Waals surface area contributed by atoms with Crippen molar-refractivity contribution in [3.63, 3.8) is 0 Å². The van der Waals surface area contributed by atoms with Gasteiger partial charge in [0.15, 0.2) is 5.82 Å². The lowest BCUT2D eigenvalue weighted by molar-refractivity contribution is -0.117. The van der Waals surface area contributed by atoms with Crippen LogP contribution in [0, 0.1) is 32.1 Å². The first-order valence-electron chi connectivity index (χ1n) is 9.95. The molecule has 0 atom stereocenters. The van der Waals surface area contributed by atoms with Crippen molar-refractivity contribution in [2.75, 3.05) is 42.9 Å². The largest absolute Gasteiger partial charge is 0.367 e. The lowest BCUT2D eigenvalue weighted by atomic mass is 10.0. The molecule has 1 N–H and O–H groups in total. The van der Waals surface area contributed by atoms with Crippen molar-refractivity contribution >= 4 is 28.3 Å². The highest BCUT2D eigenvalue weighted by Crippen LogP contribution is 2.32. The molecule has 0 radical (unpaired) electrons. The van der Waals surface area contributed by atoms with E-state index in [0.717, 1.165) is 53.9 Å². The minimum Gasteiger partial charge on any atom is -0.367 e. The molecule has 8 nitrogen and oxygen atoms in total. The maximum atomic E-state index is 12.3. The van der Waals surface area contributed by atoms with Gasteiger partial charge in [-0.25, -0.2) is 0 Å². The topological polar surface area (TPSA) is 98.3 Å². The zero-order chi connectivity index (χ0) is 21.3. The Kier molecular flexibility index (Phi) is 5.38. The number of amides is 1. The van der Waals surface area contributed by atoms with Gasteiger partial charge < -0.3 is 14.7 Å². The summed E-state index contributed by atoms with van der Waals surface area (Å²) in [6.45, 7) is 9.10. The van der Waals surface area contributed by atoms with E-state index in [-0.39, 0.29) is 5.91 Å². The quantitative estimate of drug-likeness (QED) is 0.714. The van der Waals surface area contributed by atoms with Crippen LogP contribution in [0.4, 0.5) is 11.5 Å². The Morgan fingerprint density at radius 2 is 1.97 bits per heavy atom. The van der Waals surface area contributed by atoms with E-state index in [1.54, 1.807) is 19.2 Å². The van der Waals surface area contributed by atoms with E-state index in [9.17, 15) is 10.1 Å². The fourth-order valence-corrected chi connectivity index (χ4v) is 4.01. The standard InChI is InChI=1S/C22H24N6O2/c1-14-8-15(2)21-18(9-14)22(17(11-23)12-24-21)28-6-4-27(5-7-28)13-20(29)25-19-10-16(3)30-26-19/h8-10,12H,4-7,13H2,1-3H3,(H,25,26,29). The second kappa shape index (κ2) is 8.13. The van der Waals surface area contributed by atoms with Gasteiger partial charge in [-0.05, 0) is 32.4 Å². The monoisotopic (exact) mass is 404 g/mol. The van der Waals surface area contributed by atoms with Gasteiger partial charge in [-0.1, -0.05) is 16.8 Å². The van der Waals surface area contributed by atoms with Gasteiger partial charge in [0.1, 0.15) is 11.8 Å². The number of aromatic nitrogens is 2. The number of carbonyl (C=O) groups is 1. The number of hydrogen-bond donors (Lipinski definition) is 1. The number of piperazine rings is 1. The van der Waals surface area contributed by atoms with Gasteiger partial charge in [-0.15, -0.1) is 0 Å². The predicted octanol–water partition coefficient (Wildman–Crippen LogP) is 2.78. The zero-order valence-electron chi connectivity index (χ0n) is 17.4. The molecule has 0 bridgehead atoms. The molecular formula is C22H24N6O2. The third kappa shape index (κ3) is 3.98. The number of anilines is 2. The van der Waals surface area contributed by atoms with E-state index in [4.69, 9.17) is 4.52 Å². The fraction of sp³-hybridized carbons (Fsp3) is 0.364. The Morgan fingerprint density at radius 3 is 2.63 bits per heavy atom. The number of carbonyl (C=O) groups excluding carboxylic acids is 1. The lowest BCUT2D eigenvalue weighted by Crippen LogP contribution is -2.49. The van der Waals surface area contributed by atoms with Gasteiger partial charge >= 0.3 is 0 Å². The van der Waals surface area contributed by atoms with Crippen LogP contribution in [0.5, 0.6) is 0 Å². The molecule has 1 fully saturated rings. The second-order valence-electron chi connectivity index (χ2n) is 7.74. The molecule has 3 aromatic rings. The molecule has 30 heavy (non-hydrogen) atoms. The summed E-state index contributed by atoms with van der Waals surface area (Å²) in [5.74, 6) is 0.973. The number of aryl methyl sites for hydroxylation is 3. The fourth-order valence-electron chi connectivity index (χ4n) is 4.01. The number of nitriles is 1. The van der Waals surface area contributed by atoms with Crippen LogP contribution in [-0.4, -0.2) is 53.7 Å². The van der Waals surface area contributed by atoms with E-state index >= 15 is 0 Å². The van der Waals surface area contributed by atoms with Crippen LogP contribution >= 0.6 is 0 Å². The summed E-state index contributed by atoms with van der Waals surface area (Å²) in [5, 5.41) is 17.2. The minimum absolute atomic E-state index is 0.116. The third-order valence-electron chi connectivity index (χ3n) is 5.35. The average molecular weight is 404 g/mol. The van der Waals surface area contributed by atoms with Crippen LogP contribution in [0.3, 0.4) is 0 Å². The molecule has 2 aromatic heterocycles. The summed E-state index contributed by atoms with van der Waals surface area (Å²) in [7, 11) is 0. The lowest BCUT2D eigenvalue weighted by Gasteiger charge is -2.36. The van der Waals surface area contributed by atoms with Gasteiger partial charge in [0.2, 0.25) is 5.91 Å². The molecule has 4 rings (SSSR count). The Balaban J connectivity index is 1.48. The van der Waals surface area contributed by atoms with Gasteiger partial charge in [0.25, 0.3) is 0 Å². The first-order chi connectivity index (χ1) is 14.4. The Bertz CT molecular complexity index is 1140. The first-order valence-corrected chi connectivity index (χ1v) is 9.95. The SMILES string of the molecule is Cc1cc(C)c2ncc(C#N)c(N3CCN(CC(=O)Nc4cc(C)on4)CC3)c2c1. The van der Waals surface area contributed by atoms with E-state index in [2.05, 4.69) is 50.4 Å². The van der Waals surface area contributed by atoms with E-state index in [1.807, 2.05) is 6.92 Å². The number of fused-ring (bicyclic) bond motifs is 1. The normalized spacial score (nSPS) is 14.7. The average Bonchev–Trinajstić information content (AvgIpc) is 3.12. The van der Waals surface area contributed by atoms with Crippen LogP contribution < -0.4 is 10.2 Å². The molecule has 1 aromatic carbocycles. The predicted molar refractivity (Wildman–Crippen MR) is 114 cm³/mol. The Morgan fingerprint density at radius 1 is 1.20 bits per heavy atom. The van der Waals surface area contributed by atoms with Crippen molar-refractivity contribution in [1.82, 2.24) is 15.0 Å². The van der Waals surface area contributed by atoms with Crippen molar-refractivity contribution in [3.8, 4) is 6.07 Å². The van der Waals surface area contributed by atoms with E-state index in [0.29, 0.717) is 23.7 Å². The molecule has 0 aliphatic carbocycles. The highest BCUT2D eigenvalue weighted by atomic mass is 16.5. The molecule has 1 saturated heterocycles. The molecule has 154 valence electrons. The highest BCUT2D eigenvalue weighted by Gasteiger charge is 2.23. The van der Waals surface area contributed by atoms with Crippen molar-refractivity contribution in [2.45, 2.75) is 20.8 Å². The van der Waals surface area contributed by atoms with Crippen LogP contribution in [0.1, 0.15) is 22.5 Å². The zero-order valence-corrected chi connectivity index (χ0v) is 17.4. The van der Waals surface area contributed by atoms with Crippen molar-refractivity contribution in [1.29, 1.82) is 5.26 Å². The molecule has 1 aliphatic rings. The summed E-state index contributed by atoms with van der Waals surface area (Å²) in [4.78, 5) is 21.1. The Labute approximate surface area is 175 Å². The van der Waals surface area contributed by atoms with Crippen LogP contribution in [0.15, 0.2) is 28.9 Å². The molecule has 0 unspecified atom stereocenters. The molecule has 1 amide bonds. The number of hydrogen-bond acceptors (Lipinski definition) is 7. The van der Waals surface area contributed by atoms with Crippen molar-refractivity contribution in [3.05, 3.63) is 46.8 Å². The van der Waals surface area contributed by atoms with Gasteiger partial charge in [0, 0.05) is 43.8 Å². The van der Waals surface area contributed by atoms with Gasteiger partial charge in [-0.3, -0.25) is 14.7 Å². The molecule has 0 spiro atoms. The number of nitrogens with one attached hydrogen (secondary N) is 1. The number of pyridine rings is 1. The van der Waals surface area contributed by atoms with Crippen LogP contribution in [0.2, 0.25) is 0 Å². The van der Waals surface area contributed by atoms with Crippen LogP contribution in [0.25, 0.3) is 10.9 Å². The number of rotatable bonds is 4. The highest BCUT2D eigenvalue weighted by molar-refractivity contribution is 5.96. The summed E-state index contributed by atoms with van der Waals surface area (Å²) in [6, 6.07) is 8.20. The van der Waals surface area contributed by atoms with E-state index in [1.165, 1.54) is 0 Å². The third-order valence-corrected chi connectivity index (χ3v) is 5.35. The summed E-state index contributed by atoms with van der Waals surface area (Å²) in [5.41, 5.74) is 4.71. The first kappa shape index (κ1) is 19.9. The summed E-state index contributed by atoms with van der Waals surface area (Å²) >= 11 is 0. The maximum Gasteiger partial charge on any atom is 0.239 e.